The number of benzene rings is 2. The number of Topliss-reactive ketones (excluding diaryl/α,β-unsaturated/α-hetero) is 1. The number of likely N-dealkylation sites (N-methyl/N-ethyl adjacent to an activating group) is 1. The Morgan fingerprint density at radius 2 is 1.61 bits per heavy atom. The van der Waals surface area contributed by atoms with Crippen LogP contribution in [0.3, 0.4) is 0 Å². The second kappa shape index (κ2) is 19.6. The topological polar surface area (TPSA) is 161 Å². The molecule has 12 nitrogen and oxygen atoms in total. The summed E-state index contributed by atoms with van der Waals surface area (Å²) in [6, 6.07) is 12.1. The number of hydrogen-bond donors (Lipinski definition) is 3. The summed E-state index contributed by atoms with van der Waals surface area (Å²) < 4.78 is 60.2. The second-order valence-corrected chi connectivity index (χ2v) is 17.5. The predicted molar refractivity (Wildman–Crippen MR) is 215 cm³/mol. The van der Waals surface area contributed by atoms with Crippen LogP contribution in [0.4, 0.5) is 8.78 Å². The Morgan fingerprint density at radius 3 is 2.20 bits per heavy atom. The molecule has 0 aliphatic carbocycles. The number of hydrogen-bond acceptors (Lipinski definition) is 12. The highest BCUT2D eigenvalue weighted by atomic mass is 19.1. The maximum absolute atomic E-state index is 14.8. The number of rotatable bonds is 10. The molecule has 2 aliphatic rings. The van der Waals surface area contributed by atoms with E-state index >= 15 is 0 Å². The summed E-state index contributed by atoms with van der Waals surface area (Å²) in [5.41, 5.74) is -2.61. The van der Waals surface area contributed by atoms with Crippen molar-refractivity contribution in [3.63, 3.8) is 0 Å². The molecule has 0 bridgehead atoms. The molecule has 0 spiro atoms. The van der Waals surface area contributed by atoms with Crippen LogP contribution >= 0.6 is 0 Å². The summed E-state index contributed by atoms with van der Waals surface area (Å²) in [4.78, 5) is 44.0. The largest absolute Gasteiger partial charge is 0.461 e. The SMILES string of the molecule is CC[C@H]1OC(=O)[C@H](C)[C@@H](OC(=O)Cc2ccc(F)cc2F)[C@H](C)[C@@H](O[C@]2(C)O[C@H](C)C[C@H](N(C)Cc3ccccc3)[C@H]2O)[C@](C)(OC)C[C@@H](C)C(=O)[C@H](C)[C@@H](O)[C@]1(C)O. The molecule has 0 saturated carbocycles. The fourth-order valence-corrected chi connectivity index (χ4v) is 9.06. The van der Waals surface area contributed by atoms with E-state index in [2.05, 4.69) is 0 Å². The minimum atomic E-state index is -2.07. The Kier molecular flexibility index (Phi) is 16.0. The number of aliphatic hydroxyl groups is 3. The van der Waals surface area contributed by atoms with Gasteiger partial charge in [0.15, 0.2) is 5.79 Å². The van der Waals surface area contributed by atoms with Crippen molar-refractivity contribution in [1.29, 1.82) is 0 Å². The molecule has 59 heavy (non-hydrogen) atoms. The first-order valence-electron chi connectivity index (χ1n) is 20.6. The highest BCUT2D eigenvalue weighted by Gasteiger charge is 2.56. The molecule has 2 heterocycles. The lowest BCUT2D eigenvalue weighted by atomic mass is 9.73. The lowest BCUT2D eigenvalue weighted by Gasteiger charge is -2.52. The third-order valence-corrected chi connectivity index (χ3v) is 12.7. The zero-order valence-corrected chi connectivity index (χ0v) is 36.3. The van der Waals surface area contributed by atoms with E-state index in [1.807, 2.05) is 49.2 Å². The summed E-state index contributed by atoms with van der Waals surface area (Å²) in [5.74, 6) is -9.94. The highest BCUT2D eigenvalue weighted by Crippen LogP contribution is 2.43. The van der Waals surface area contributed by atoms with E-state index in [1.165, 1.54) is 27.9 Å². The number of carbonyl (C=O) groups is 3. The van der Waals surface area contributed by atoms with Crippen molar-refractivity contribution in [2.75, 3.05) is 14.2 Å². The summed E-state index contributed by atoms with van der Waals surface area (Å²) in [7, 11) is 3.33. The number of esters is 2. The number of methoxy groups -OCH3 is 1. The minimum Gasteiger partial charge on any atom is -0.461 e. The zero-order valence-electron chi connectivity index (χ0n) is 36.3. The molecule has 2 aromatic rings. The van der Waals surface area contributed by atoms with Gasteiger partial charge in [-0.2, -0.15) is 0 Å². The number of halogens is 2. The Labute approximate surface area is 347 Å². The van der Waals surface area contributed by atoms with Crippen molar-refractivity contribution in [2.45, 2.75) is 154 Å². The van der Waals surface area contributed by atoms with Gasteiger partial charge in [0.25, 0.3) is 0 Å². The van der Waals surface area contributed by atoms with Crippen LogP contribution in [0.5, 0.6) is 0 Å². The van der Waals surface area contributed by atoms with Crippen LogP contribution in [0.25, 0.3) is 0 Å². The zero-order chi connectivity index (χ0) is 44.2. The molecule has 0 amide bonds. The van der Waals surface area contributed by atoms with Crippen LogP contribution in [0, 0.1) is 35.3 Å². The van der Waals surface area contributed by atoms with Gasteiger partial charge in [0, 0.05) is 43.5 Å². The summed E-state index contributed by atoms with van der Waals surface area (Å²) in [5, 5.41) is 35.3. The number of carbonyl (C=O) groups excluding carboxylic acids is 3. The average Bonchev–Trinajstić information content (AvgIpc) is 3.18. The molecule has 0 aromatic heterocycles. The maximum Gasteiger partial charge on any atom is 0.312 e. The molecule has 2 aromatic carbocycles. The first-order chi connectivity index (χ1) is 27.5. The molecule has 14 atom stereocenters. The van der Waals surface area contributed by atoms with Crippen LogP contribution in [0.15, 0.2) is 48.5 Å². The normalized spacial score (nSPS) is 37.7. The van der Waals surface area contributed by atoms with Gasteiger partial charge in [0.2, 0.25) is 0 Å². The molecule has 330 valence electrons. The average molecular weight is 834 g/mol. The van der Waals surface area contributed by atoms with Crippen molar-refractivity contribution in [2.24, 2.45) is 23.7 Å². The highest BCUT2D eigenvalue weighted by molar-refractivity contribution is 5.83. The quantitative estimate of drug-likeness (QED) is 0.257. The van der Waals surface area contributed by atoms with Crippen molar-refractivity contribution in [1.82, 2.24) is 4.90 Å². The molecule has 4 rings (SSSR count). The molecule has 3 N–H and O–H groups in total. The van der Waals surface area contributed by atoms with Gasteiger partial charge in [-0.05, 0) is 78.1 Å². The molecule has 2 aliphatic heterocycles. The lowest BCUT2D eigenvalue weighted by Crippen LogP contribution is -2.65. The fourth-order valence-electron chi connectivity index (χ4n) is 9.06. The lowest BCUT2D eigenvalue weighted by molar-refractivity contribution is -0.359. The number of cyclic esters (lactones) is 1. The van der Waals surface area contributed by atoms with Gasteiger partial charge in [0.1, 0.15) is 41.3 Å². The molecule has 0 radical (unpaired) electrons. The molecule has 2 fully saturated rings. The summed E-state index contributed by atoms with van der Waals surface area (Å²) in [6.45, 7) is 15.0. The van der Waals surface area contributed by atoms with Crippen LogP contribution < -0.4 is 0 Å². The van der Waals surface area contributed by atoms with Crippen LogP contribution in [-0.2, 0) is 51.0 Å². The van der Waals surface area contributed by atoms with Crippen LogP contribution in [0.2, 0.25) is 0 Å². The van der Waals surface area contributed by atoms with Crippen molar-refractivity contribution in [3.8, 4) is 0 Å². The third kappa shape index (κ3) is 10.9. The molecule has 14 heteroatoms. The predicted octanol–water partition coefficient (Wildman–Crippen LogP) is 5.55. The molecular formula is C45H65F2NO11. The molecular weight excluding hydrogens is 768 g/mol. The monoisotopic (exact) mass is 833 g/mol. The second-order valence-electron chi connectivity index (χ2n) is 17.5. The third-order valence-electron chi connectivity index (χ3n) is 12.7. The number of ether oxygens (including phenoxy) is 5. The van der Waals surface area contributed by atoms with E-state index in [4.69, 9.17) is 23.7 Å². The van der Waals surface area contributed by atoms with Gasteiger partial charge in [-0.15, -0.1) is 0 Å². The first-order valence-corrected chi connectivity index (χ1v) is 20.6. The molecule has 2 saturated heterocycles. The van der Waals surface area contributed by atoms with Crippen LogP contribution in [0.1, 0.15) is 92.7 Å². The fraction of sp³-hybridized carbons (Fsp3) is 0.667. The first kappa shape index (κ1) is 48.3. The summed E-state index contributed by atoms with van der Waals surface area (Å²) in [6.07, 6.45) is -7.30. The van der Waals surface area contributed by atoms with Crippen molar-refractivity contribution in [3.05, 3.63) is 71.3 Å². The smallest absolute Gasteiger partial charge is 0.312 e. The van der Waals surface area contributed by atoms with E-state index in [0.29, 0.717) is 19.0 Å². The van der Waals surface area contributed by atoms with Gasteiger partial charge >= 0.3 is 11.9 Å². The van der Waals surface area contributed by atoms with E-state index in [-0.39, 0.29) is 18.4 Å². The van der Waals surface area contributed by atoms with E-state index in [0.717, 1.165) is 17.7 Å². The Bertz CT molecular complexity index is 1750. The van der Waals surface area contributed by atoms with Crippen molar-refractivity contribution >= 4 is 17.7 Å². The number of ketones is 1. The Morgan fingerprint density at radius 1 is 0.966 bits per heavy atom. The molecule has 0 unspecified atom stereocenters. The standard InChI is InChI=1S/C45H65F2NO11/c1-12-35-44(8,54)39(51)27(4)37(50)25(2)23-43(7,55-11)41(59-45(9)40(52)34(20-26(3)58-45)48(10)24-30-16-14-13-15-17-30)28(5)38(29(6)42(53)56-35)57-36(49)21-31-18-19-32(46)22-33(31)47/h13-19,22,25-29,34-35,38-41,51-52,54H,12,20-21,23-24H2,1-11H3/t25-,26-,27+,28+,29-,34+,35-,38+,39-,40-,41-,43-,44-,45+/m1/s1. The van der Waals surface area contributed by atoms with Gasteiger partial charge in [0.05, 0.1) is 36.3 Å². The van der Waals surface area contributed by atoms with Crippen molar-refractivity contribution < 1.29 is 62.2 Å². The van der Waals surface area contributed by atoms with Gasteiger partial charge < -0.3 is 39.0 Å². The van der Waals surface area contributed by atoms with Gasteiger partial charge in [-0.25, -0.2) is 8.78 Å². The number of aliphatic hydroxyl groups excluding tert-OH is 2. The van der Waals surface area contributed by atoms with E-state index < -0.39 is 119 Å². The minimum absolute atomic E-state index is 0.0207. The van der Waals surface area contributed by atoms with E-state index in [9.17, 15) is 38.5 Å². The van der Waals surface area contributed by atoms with E-state index in [1.54, 1.807) is 34.6 Å². The van der Waals surface area contributed by atoms with Gasteiger partial charge in [-0.3, -0.25) is 19.3 Å². The maximum atomic E-state index is 14.8. The Balaban J connectivity index is 1.85. The van der Waals surface area contributed by atoms with Gasteiger partial charge in [-0.1, -0.05) is 64.1 Å². The van der Waals surface area contributed by atoms with Crippen LogP contribution in [-0.4, -0.2) is 112 Å². The number of nitrogens with zero attached hydrogens (tertiary/aromatic N) is 1. The summed E-state index contributed by atoms with van der Waals surface area (Å²) >= 11 is 0. The Hall–Kier alpha value is -3.37.